The van der Waals surface area contributed by atoms with E-state index in [1.807, 2.05) is 24.4 Å². The summed E-state index contributed by atoms with van der Waals surface area (Å²) in [5, 5.41) is 16.0. The van der Waals surface area contributed by atoms with Crippen molar-refractivity contribution in [2.75, 3.05) is 6.54 Å². The third-order valence-corrected chi connectivity index (χ3v) is 4.85. The van der Waals surface area contributed by atoms with Crippen LogP contribution in [0.5, 0.6) is 0 Å². The van der Waals surface area contributed by atoms with Crippen LogP contribution in [0, 0.1) is 5.92 Å². The summed E-state index contributed by atoms with van der Waals surface area (Å²) in [7, 11) is 0. The number of hydrogen-bond donors (Lipinski definition) is 2. The van der Waals surface area contributed by atoms with Crippen LogP contribution in [-0.4, -0.2) is 17.7 Å². The highest BCUT2D eigenvalue weighted by atomic mass is 32.1. The van der Waals surface area contributed by atoms with Crippen LogP contribution >= 0.6 is 11.3 Å². The monoisotopic (exact) mass is 253 g/mol. The van der Waals surface area contributed by atoms with E-state index in [9.17, 15) is 5.11 Å². The van der Waals surface area contributed by atoms with Gasteiger partial charge in [0.15, 0.2) is 0 Å². The third kappa shape index (κ3) is 3.54. The molecule has 1 aliphatic rings. The van der Waals surface area contributed by atoms with Crippen LogP contribution in [0.4, 0.5) is 0 Å². The van der Waals surface area contributed by atoms with Gasteiger partial charge in [0.2, 0.25) is 0 Å². The normalized spacial score (nSPS) is 28.9. The lowest BCUT2D eigenvalue weighted by atomic mass is 9.87. The van der Waals surface area contributed by atoms with Crippen molar-refractivity contribution in [1.29, 1.82) is 0 Å². The van der Waals surface area contributed by atoms with Crippen LogP contribution in [0.1, 0.15) is 44.4 Å². The molecule has 1 heterocycles. The summed E-state index contributed by atoms with van der Waals surface area (Å²) >= 11 is 1.63. The second-order valence-corrected chi connectivity index (χ2v) is 6.55. The van der Waals surface area contributed by atoms with Crippen molar-refractivity contribution < 1.29 is 5.11 Å². The smallest absolute Gasteiger partial charge is 0.108 e. The Bertz CT molecular complexity index is 334. The van der Waals surface area contributed by atoms with Crippen LogP contribution in [0.25, 0.3) is 0 Å². The van der Waals surface area contributed by atoms with E-state index in [1.165, 1.54) is 25.7 Å². The first-order valence-electron chi connectivity index (χ1n) is 6.57. The molecule has 96 valence electrons. The van der Waals surface area contributed by atoms with Crippen LogP contribution in [-0.2, 0) is 5.60 Å². The molecular formula is C14H23NOS. The molecule has 1 aromatic rings. The van der Waals surface area contributed by atoms with Crippen molar-refractivity contribution in [3.63, 3.8) is 0 Å². The second-order valence-electron chi connectivity index (χ2n) is 5.60. The molecule has 17 heavy (non-hydrogen) atoms. The van der Waals surface area contributed by atoms with Gasteiger partial charge < -0.3 is 10.4 Å². The summed E-state index contributed by atoms with van der Waals surface area (Å²) in [5.74, 6) is 0.827. The van der Waals surface area contributed by atoms with Gasteiger partial charge in [-0.15, -0.1) is 11.3 Å². The van der Waals surface area contributed by atoms with Crippen molar-refractivity contribution in [3.8, 4) is 0 Å². The SMILES string of the molecule is CC1CCCC(NCC(C)(O)c2cccs2)C1. The largest absolute Gasteiger partial charge is 0.383 e. The Labute approximate surface area is 108 Å². The van der Waals surface area contributed by atoms with E-state index in [1.54, 1.807) is 11.3 Å². The number of thiophene rings is 1. The van der Waals surface area contributed by atoms with Gasteiger partial charge in [-0.25, -0.2) is 0 Å². The van der Waals surface area contributed by atoms with E-state index in [2.05, 4.69) is 12.2 Å². The molecule has 0 spiro atoms. The molecule has 1 aliphatic carbocycles. The zero-order valence-electron chi connectivity index (χ0n) is 10.8. The summed E-state index contributed by atoms with van der Waals surface area (Å²) < 4.78 is 0. The molecule has 0 radical (unpaired) electrons. The molecule has 0 bridgehead atoms. The molecule has 1 aromatic heterocycles. The van der Waals surface area contributed by atoms with Gasteiger partial charge in [0.1, 0.15) is 5.60 Å². The van der Waals surface area contributed by atoms with E-state index >= 15 is 0 Å². The molecule has 2 rings (SSSR count). The fraction of sp³-hybridized carbons (Fsp3) is 0.714. The molecule has 3 heteroatoms. The molecule has 0 amide bonds. The third-order valence-electron chi connectivity index (χ3n) is 3.72. The van der Waals surface area contributed by atoms with E-state index < -0.39 is 5.60 Å². The summed E-state index contributed by atoms with van der Waals surface area (Å²) in [4.78, 5) is 1.05. The Morgan fingerprint density at radius 2 is 2.35 bits per heavy atom. The van der Waals surface area contributed by atoms with Crippen molar-refractivity contribution in [2.45, 2.75) is 51.2 Å². The second kappa shape index (κ2) is 5.51. The predicted octanol–water partition coefficient (Wildman–Crippen LogP) is 3.12. The Morgan fingerprint density at radius 3 is 3.00 bits per heavy atom. The zero-order valence-corrected chi connectivity index (χ0v) is 11.6. The molecule has 1 fully saturated rings. The van der Waals surface area contributed by atoms with Gasteiger partial charge in [-0.05, 0) is 37.1 Å². The lowest BCUT2D eigenvalue weighted by molar-refractivity contribution is 0.0548. The Balaban J connectivity index is 1.85. The van der Waals surface area contributed by atoms with E-state index in [-0.39, 0.29) is 0 Å². The maximum atomic E-state index is 10.4. The molecule has 0 aromatic carbocycles. The number of hydrogen-bond acceptors (Lipinski definition) is 3. The van der Waals surface area contributed by atoms with Gasteiger partial charge in [-0.2, -0.15) is 0 Å². The van der Waals surface area contributed by atoms with E-state index in [4.69, 9.17) is 0 Å². The molecule has 2 N–H and O–H groups in total. The average molecular weight is 253 g/mol. The maximum absolute atomic E-state index is 10.4. The number of rotatable bonds is 4. The van der Waals surface area contributed by atoms with Gasteiger partial charge >= 0.3 is 0 Å². The molecule has 3 unspecified atom stereocenters. The first kappa shape index (κ1) is 13.1. The highest BCUT2D eigenvalue weighted by Crippen LogP contribution is 2.27. The van der Waals surface area contributed by atoms with Crippen LogP contribution in [0.2, 0.25) is 0 Å². The highest BCUT2D eigenvalue weighted by Gasteiger charge is 2.26. The Hall–Kier alpha value is -0.380. The van der Waals surface area contributed by atoms with Gasteiger partial charge in [0.25, 0.3) is 0 Å². The zero-order chi connectivity index (χ0) is 12.3. The summed E-state index contributed by atoms with van der Waals surface area (Å²) in [5.41, 5.74) is -0.727. The number of aliphatic hydroxyl groups is 1. The van der Waals surface area contributed by atoms with Crippen molar-refractivity contribution in [2.24, 2.45) is 5.92 Å². The maximum Gasteiger partial charge on any atom is 0.108 e. The fourth-order valence-corrected chi connectivity index (χ4v) is 3.42. The fourth-order valence-electron chi connectivity index (χ4n) is 2.63. The molecule has 3 atom stereocenters. The quantitative estimate of drug-likeness (QED) is 0.864. The Morgan fingerprint density at radius 1 is 1.53 bits per heavy atom. The topological polar surface area (TPSA) is 32.3 Å². The van der Waals surface area contributed by atoms with Gasteiger partial charge in [0, 0.05) is 17.5 Å². The highest BCUT2D eigenvalue weighted by molar-refractivity contribution is 7.10. The summed E-state index contributed by atoms with van der Waals surface area (Å²) in [6.07, 6.45) is 5.19. The van der Waals surface area contributed by atoms with Gasteiger partial charge in [0.05, 0.1) is 0 Å². The standard InChI is InChI=1S/C14H23NOS/c1-11-5-3-6-12(9-11)15-10-14(2,16)13-7-4-8-17-13/h4,7-8,11-12,15-16H,3,5-6,9-10H2,1-2H3. The van der Waals surface area contributed by atoms with E-state index in [0.717, 1.165) is 10.8 Å². The lowest BCUT2D eigenvalue weighted by Crippen LogP contribution is -2.42. The Kier molecular flexibility index (Phi) is 4.23. The number of nitrogens with one attached hydrogen (secondary N) is 1. The van der Waals surface area contributed by atoms with Crippen LogP contribution in [0.3, 0.4) is 0 Å². The molecular weight excluding hydrogens is 230 g/mol. The van der Waals surface area contributed by atoms with Crippen molar-refractivity contribution >= 4 is 11.3 Å². The minimum atomic E-state index is -0.727. The first-order chi connectivity index (χ1) is 8.08. The average Bonchev–Trinajstić information content (AvgIpc) is 2.81. The summed E-state index contributed by atoms with van der Waals surface area (Å²) in [6, 6.07) is 4.60. The molecule has 0 aliphatic heterocycles. The summed E-state index contributed by atoms with van der Waals surface area (Å²) in [6.45, 7) is 4.88. The minimum Gasteiger partial charge on any atom is -0.383 e. The van der Waals surface area contributed by atoms with Crippen LogP contribution < -0.4 is 5.32 Å². The minimum absolute atomic E-state index is 0.588. The van der Waals surface area contributed by atoms with Gasteiger partial charge in [-0.1, -0.05) is 25.8 Å². The van der Waals surface area contributed by atoms with Crippen molar-refractivity contribution in [3.05, 3.63) is 22.4 Å². The molecule has 1 saturated carbocycles. The molecule has 0 saturated heterocycles. The van der Waals surface area contributed by atoms with Crippen molar-refractivity contribution in [1.82, 2.24) is 5.32 Å². The predicted molar refractivity (Wildman–Crippen MR) is 73.3 cm³/mol. The molecule has 2 nitrogen and oxygen atoms in total. The van der Waals surface area contributed by atoms with Crippen LogP contribution in [0.15, 0.2) is 17.5 Å². The lowest BCUT2D eigenvalue weighted by Gasteiger charge is -2.31. The first-order valence-corrected chi connectivity index (χ1v) is 7.45. The van der Waals surface area contributed by atoms with E-state index in [0.29, 0.717) is 12.6 Å². The van der Waals surface area contributed by atoms with Gasteiger partial charge in [-0.3, -0.25) is 0 Å².